The summed E-state index contributed by atoms with van der Waals surface area (Å²) in [5, 5.41) is 1.91. The van der Waals surface area contributed by atoms with Crippen molar-refractivity contribution >= 4 is 33.2 Å². The van der Waals surface area contributed by atoms with Crippen molar-refractivity contribution in [3.8, 4) is 5.75 Å². The zero-order chi connectivity index (χ0) is 22.3. The van der Waals surface area contributed by atoms with Crippen molar-refractivity contribution < 1.29 is 27.5 Å². The first kappa shape index (κ1) is 23.8. The molecule has 0 saturated heterocycles. The molecule has 1 heterocycles. The summed E-state index contributed by atoms with van der Waals surface area (Å²) in [6.45, 7) is 3.32. The molecule has 1 N–H and O–H groups in total. The third-order valence-corrected chi connectivity index (χ3v) is 6.63. The standard InChI is InChI=1S/C20H26N2O6S2/c1-14(2)19(21-30(25,26)17-9-7-15(27-4)8-10-17)20(24)28-13-18(23)22(3)12-16-6-5-11-29-16/h5-11,14,19,21H,12-13H2,1-4H3. The van der Waals surface area contributed by atoms with Gasteiger partial charge in [-0.15, -0.1) is 11.3 Å². The van der Waals surface area contributed by atoms with Crippen molar-refractivity contribution in [3.63, 3.8) is 0 Å². The Morgan fingerprint density at radius 1 is 1.17 bits per heavy atom. The first-order valence-corrected chi connectivity index (χ1v) is 11.6. The zero-order valence-corrected chi connectivity index (χ0v) is 19.0. The lowest BCUT2D eigenvalue weighted by Gasteiger charge is -2.22. The number of amides is 1. The highest BCUT2D eigenvalue weighted by molar-refractivity contribution is 7.89. The van der Waals surface area contributed by atoms with E-state index in [-0.39, 0.29) is 16.7 Å². The van der Waals surface area contributed by atoms with Crippen LogP contribution >= 0.6 is 11.3 Å². The molecule has 0 aliphatic carbocycles. The van der Waals surface area contributed by atoms with Gasteiger partial charge < -0.3 is 14.4 Å². The number of esters is 1. The van der Waals surface area contributed by atoms with Gasteiger partial charge in [0.05, 0.1) is 18.6 Å². The summed E-state index contributed by atoms with van der Waals surface area (Å²) in [6, 6.07) is 8.45. The van der Waals surface area contributed by atoms with Gasteiger partial charge in [0, 0.05) is 11.9 Å². The van der Waals surface area contributed by atoms with Crippen LogP contribution in [0, 0.1) is 5.92 Å². The largest absolute Gasteiger partial charge is 0.497 e. The molecule has 1 aromatic carbocycles. The van der Waals surface area contributed by atoms with E-state index in [2.05, 4.69) is 4.72 Å². The highest BCUT2D eigenvalue weighted by atomic mass is 32.2. The van der Waals surface area contributed by atoms with E-state index in [9.17, 15) is 18.0 Å². The van der Waals surface area contributed by atoms with Crippen molar-refractivity contribution in [2.24, 2.45) is 5.92 Å². The van der Waals surface area contributed by atoms with Gasteiger partial charge in [0.1, 0.15) is 11.8 Å². The maximum Gasteiger partial charge on any atom is 0.324 e. The Labute approximate surface area is 180 Å². The van der Waals surface area contributed by atoms with Gasteiger partial charge in [0.25, 0.3) is 5.91 Å². The van der Waals surface area contributed by atoms with Crippen LogP contribution < -0.4 is 9.46 Å². The molecule has 30 heavy (non-hydrogen) atoms. The number of sulfonamides is 1. The molecule has 10 heteroatoms. The second-order valence-corrected chi connectivity index (χ2v) is 9.70. The van der Waals surface area contributed by atoms with Gasteiger partial charge in [0.2, 0.25) is 10.0 Å². The van der Waals surface area contributed by atoms with Gasteiger partial charge in [-0.25, -0.2) is 8.42 Å². The molecule has 0 fully saturated rings. The number of likely N-dealkylation sites (N-methyl/N-ethyl adjacent to an activating group) is 1. The van der Waals surface area contributed by atoms with Gasteiger partial charge in [-0.3, -0.25) is 9.59 Å². The molecule has 0 radical (unpaired) electrons. The number of methoxy groups -OCH3 is 1. The third-order valence-electron chi connectivity index (χ3n) is 4.31. The first-order chi connectivity index (χ1) is 14.1. The minimum Gasteiger partial charge on any atom is -0.497 e. The summed E-state index contributed by atoms with van der Waals surface area (Å²) >= 11 is 1.52. The SMILES string of the molecule is COc1ccc(S(=O)(=O)NC(C(=O)OCC(=O)N(C)Cc2cccs2)C(C)C)cc1. The number of rotatable bonds is 10. The van der Waals surface area contributed by atoms with Crippen LogP contribution in [0.2, 0.25) is 0 Å². The predicted octanol–water partition coefficient (Wildman–Crippen LogP) is 2.26. The molecule has 164 valence electrons. The van der Waals surface area contributed by atoms with Crippen molar-refractivity contribution in [2.45, 2.75) is 31.3 Å². The molecule has 0 bridgehead atoms. The number of hydrogen-bond donors (Lipinski definition) is 1. The van der Waals surface area contributed by atoms with Crippen LogP contribution in [-0.2, 0) is 30.9 Å². The zero-order valence-electron chi connectivity index (χ0n) is 17.3. The summed E-state index contributed by atoms with van der Waals surface area (Å²) in [7, 11) is -0.873. The average Bonchev–Trinajstić information content (AvgIpc) is 3.22. The van der Waals surface area contributed by atoms with Crippen molar-refractivity contribution in [3.05, 3.63) is 46.7 Å². The number of ether oxygens (including phenoxy) is 2. The van der Waals surface area contributed by atoms with Crippen LogP contribution in [0.3, 0.4) is 0 Å². The van der Waals surface area contributed by atoms with Crippen molar-refractivity contribution in [2.75, 3.05) is 20.8 Å². The van der Waals surface area contributed by atoms with Crippen molar-refractivity contribution in [1.82, 2.24) is 9.62 Å². The molecule has 1 aromatic heterocycles. The number of carbonyl (C=O) groups is 2. The third kappa shape index (κ3) is 6.54. The number of nitrogens with zero attached hydrogens (tertiary/aromatic N) is 1. The number of benzene rings is 1. The fraction of sp³-hybridized carbons (Fsp3) is 0.400. The van der Waals surface area contributed by atoms with Crippen LogP contribution in [0.4, 0.5) is 0 Å². The van der Waals surface area contributed by atoms with Crippen LogP contribution in [-0.4, -0.2) is 52.0 Å². The normalized spacial score (nSPS) is 12.4. The minimum atomic E-state index is -3.96. The maximum atomic E-state index is 12.6. The second kappa shape index (κ2) is 10.6. The van der Waals surface area contributed by atoms with E-state index in [1.807, 2.05) is 17.5 Å². The number of hydrogen-bond acceptors (Lipinski definition) is 7. The van der Waals surface area contributed by atoms with Crippen LogP contribution in [0.5, 0.6) is 5.75 Å². The molecule has 2 aromatic rings. The van der Waals surface area contributed by atoms with E-state index in [1.165, 1.54) is 47.6 Å². The topological polar surface area (TPSA) is 102 Å². The van der Waals surface area contributed by atoms with E-state index in [1.54, 1.807) is 20.9 Å². The maximum absolute atomic E-state index is 12.6. The number of thiophene rings is 1. The Bertz CT molecular complexity index is 940. The fourth-order valence-electron chi connectivity index (χ4n) is 2.50. The smallest absolute Gasteiger partial charge is 0.324 e. The van der Waals surface area contributed by atoms with Crippen LogP contribution in [0.25, 0.3) is 0 Å². The molecule has 1 unspecified atom stereocenters. The molecule has 0 aliphatic heterocycles. The monoisotopic (exact) mass is 454 g/mol. The number of carbonyl (C=O) groups excluding carboxylic acids is 2. The summed E-state index contributed by atoms with van der Waals surface area (Å²) in [4.78, 5) is 27.2. The van der Waals surface area contributed by atoms with Gasteiger partial charge in [-0.05, 0) is 41.6 Å². The molecule has 2 rings (SSSR count). The van der Waals surface area contributed by atoms with E-state index in [0.29, 0.717) is 12.3 Å². The quantitative estimate of drug-likeness (QED) is 0.553. The Morgan fingerprint density at radius 2 is 1.83 bits per heavy atom. The average molecular weight is 455 g/mol. The Kier molecular flexibility index (Phi) is 8.39. The van der Waals surface area contributed by atoms with E-state index in [0.717, 1.165) is 4.88 Å². The van der Waals surface area contributed by atoms with E-state index in [4.69, 9.17) is 9.47 Å². The highest BCUT2D eigenvalue weighted by Crippen LogP contribution is 2.17. The highest BCUT2D eigenvalue weighted by Gasteiger charge is 2.30. The molecule has 0 spiro atoms. The van der Waals surface area contributed by atoms with Gasteiger partial charge >= 0.3 is 5.97 Å². The molecule has 0 aliphatic rings. The molecule has 8 nitrogen and oxygen atoms in total. The Hall–Kier alpha value is -2.43. The second-order valence-electron chi connectivity index (χ2n) is 6.96. The van der Waals surface area contributed by atoms with Gasteiger partial charge in [-0.2, -0.15) is 4.72 Å². The summed E-state index contributed by atoms with van der Waals surface area (Å²) in [6.07, 6.45) is 0. The minimum absolute atomic E-state index is 0.00601. The molecular formula is C20H26N2O6S2. The summed E-state index contributed by atoms with van der Waals surface area (Å²) < 4.78 is 37.8. The lowest BCUT2D eigenvalue weighted by Crippen LogP contribution is -2.46. The Balaban J connectivity index is 1.98. The summed E-state index contributed by atoms with van der Waals surface area (Å²) in [5.41, 5.74) is 0. The lowest BCUT2D eigenvalue weighted by atomic mass is 10.1. The lowest BCUT2D eigenvalue weighted by molar-refractivity contribution is -0.154. The summed E-state index contributed by atoms with van der Waals surface area (Å²) in [5.74, 6) is -1.05. The molecule has 1 atom stereocenters. The first-order valence-electron chi connectivity index (χ1n) is 9.23. The van der Waals surface area contributed by atoms with E-state index >= 15 is 0 Å². The fourth-order valence-corrected chi connectivity index (χ4v) is 4.59. The molecule has 0 saturated carbocycles. The molecular weight excluding hydrogens is 428 g/mol. The van der Waals surface area contributed by atoms with Crippen LogP contribution in [0.1, 0.15) is 18.7 Å². The molecule has 1 amide bonds. The van der Waals surface area contributed by atoms with Gasteiger partial charge in [0.15, 0.2) is 6.61 Å². The Morgan fingerprint density at radius 3 is 2.37 bits per heavy atom. The van der Waals surface area contributed by atoms with Gasteiger partial charge in [-0.1, -0.05) is 19.9 Å². The van der Waals surface area contributed by atoms with Crippen LogP contribution in [0.15, 0.2) is 46.7 Å². The van der Waals surface area contributed by atoms with Crippen molar-refractivity contribution in [1.29, 1.82) is 0 Å². The predicted molar refractivity (Wildman–Crippen MR) is 114 cm³/mol. The van der Waals surface area contributed by atoms with E-state index < -0.39 is 28.6 Å². The number of nitrogens with one attached hydrogen (secondary N) is 1.